The lowest BCUT2D eigenvalue weighted by atomic mass is 10.2. The molecule has 3 heteroatoms. The van der Waals surface area contributed by atoms with Crippen molar-refractivity contribution >= 4 is 0 Å². The van der Waals surface area contributed by atoms with Crippen molar-refractivity contribution < 1.29 is 13.9 Å². The maximum atomic E-state index is 12.3. The van der Waals surface area contributed by atoms with Crippen LogP contribution in [0.4, 0.5) is 8.78 Å². The van der Waals surface area contributed by atoms with Gasteiger partial charge in [0.05, 0.1) is 0 Å². The van der Waals surface area contributed by atoms with Crippen molar-refractivity contribution in [2.75, 3.05) is 0 Å². The van der Waals surface area contributed by atoms with E-state index in [2.05, 4.69) is 0 Å². The fourth-order valence-corrected chi connectivity index (χ4v) is 0.706. The van der Waals surface area contributed by atoms with Crippen LogP contribution >= 0.6 is 0 Å². The van der Waals surface area contributed by atoms with E-state index in [1.54, 1.807) is 6.92 Å². The zero-order valence-corrected chi connectivity index (χ0v) is 5.36. The molecule has 1 N–H and O–H groups in total. The van der Waals surface area contributed by atoms with Gasteiger partial charge in [0.1, 0.15) is 0 Å². The second-order valence-corrected chi connectivity index (χ2v) is 2.08. The normalized spacial score (nSPS) is 9.90. The molecule has 0 saturated carbocycles. The summed E-state index contributed by atoms with van der Waals surface area (Å²) in [6.07, 6.45) is 0. The molecule has 0 aliphatic heterocycles. The average molecular weight is 144 g/mol. The van der Waals surface area contributed by atoms with Crippen LogP contribution in [0.1, 0.15) is 5.56 Å². The summed E-state index contributed by atoms with van der Waals surface area (Å²) in [5, 5.41) is 8.67. The first kappa shape index (κ1) is 6.99. The molecule has 1 rings (SSSR count). The lowest BCUT2D eigenvalue weighted by Crippen LogP contribution is -1.85. The number of phenolic OH excluding ortho intramolecular Hbond substituents is 1. The third-order valence-corrected chi connectivity index (χ3v) is 1.15. The van der Waals surface area contributed by atoms with Crippen molar-refractivity contribution in [1.82, 2.24) is 0 Å². The molecule has 0 fully saturated rings. The van der Waals surface area contributed by atoms with E-state index >= 15 is 0 Å². The fourth-order valence-electron chi connectivity index (χ4n) is 0.706. The number of hydrogen-bond donors (Lipinski definition) is 1. The van der Waals surface area contributed by atoms with Gasteiger partial charge < -0.3 is 5.11 Å². The first-order chi connectivity index (χ1) is 4.61. The second kappa shape index (κ2) is 2.25. The molecule has 0 aliphatic carbocycles. The first-order valence-corrected chi connectivity index (χ1v) is 2.76. The molecular formula is C7H6F2O. The molecular weight excluding hydrogens is 138 g/mol. The quantitative estimate of drug-likeness (QED) is 0.590. The van der Waals surface area contributed by atoms with Crippen LogP contribution in [0.25, 0.3) is 0 Å². The van der Waals surface area contributed by atoms with Crippen LogP contribution in [0.5, 0.6) is 5.75 Å². The van der Waals surface area contributed by atoms with E-state index in [1.165, 1.54) is 6.07 Å². The predicted molar refractivity (Wildman–Crippen MR) is 32.8 cm³/mol. The summed E-state index contributed by atoms with van der Waals surface area (Å²) in [5.74, 6) is -2.85. The highest BCUT2D eigenvalue weighted by molar-refractivity contribution is 5.29. The minimum Gasteiger partial charge on any atom is -0.505 e. The second-order valence-electron chi connectivity index (χ2n) is 2.08. The molecule has 0 spiro atoms. The van der Waals surface area contributed by atoms with Gasteiger partial charge in [-0.15, -0.1) is 0 Å². The molecule has 0 unspecified atom stereocenters. The van der Waals surface area contributed by atoms with E-state index < -0.39 is 17.4 Å². The molecule has 0 heterocycles. The predicted octanol–water partition coefficient (Wildman–Crippen LogP) is 1.98. The number of hydrogen-bond acceptors (Lipinski definition) is 1. The number of benzene rings is 1. The largest absolute Gasteiger partial charge is 0.505 e. The Morgan fingerprint density at radius 3 is 2.40 bits per heavy atom. The van der Waals surface area contributed by atoms with Gasteiger partial charge in [-0.3, -0.25) is 0 Å². The van der Waals surface area contributed by atoms with Crippen LogP contribution in [0.3, 0.4) is 0 Å². The van der Waals surface area contributed by atoms with E-state index in [9.17, 15) is 8.78 Å². The molecule has 0 aromatic heterocycles. The zero-order chi connectivity index (χ0) is 7.72. The summed E-state index contributed by atoms with van der Waals surface area (Å²) in [4.78, 5) is 0. The first-order valence-electron chi connectivity index (χ1n) is 2.76. The van der Waals surface area contributed by atoms with Gasteiger partial charge in [0.25, 0.3) is 0 Å². The van der Waals surface area contributed by atoms with Gasteiger partial charge in [-0.2, -0.15) is 4.39 Å². The Balaban J connectivity index is 3.31. The maximum Gasteiger partial charge on any atom is 0.200 e. The highest BCUT2D eigenvalue weighted by Crippen LogP contribution is 2.19. The van der Waals surface area contributed by atoms with Crippen LogP contribution in [0, 0.1) is 18.6 Å². The molecule has 0 bridgehead atoms. The topological polar surface area (TPSA) is 20.2 Å². The lowest BCUT2D eigenvalue weighted by molar-refractivity contribution is 0.406. The molecule has 0 saturated heterocycles. The van der Waals surface area contributed by atoms with Gasteiger partial charge in [0.2, 0.25) is 0 Å². The van der Waals surface area contributed by atoms with Crippen molar-refractivity contribution in [1.29, 1.82) is 0 Å². The molecule has 1 aromatic carbocycles. The molecule has 0 radical (unpaired) electrons. The SMILES string of the molecule is Cc1cc(O)c(F)c(F)c1. The van der Waals surface area contributed by atoms with Crippen molar-refractivity contribution in [2.24, 2.45) is 0 Å². The summed E-state index contributed by atoms with van der Waals surface area (Å²) in [6, 6.07) is 2.19. The Bertz CT molecular complexity index is 235. The van der Waals surface area contributed by atoms with E-state index in [4.69, 9.17) is 5.11 Å². The number of halogens is 2. The molecule has 54 valence electrons. The Morgan fingerprint density at radius 2 is 1.90 bits per heavy atom. The maximum absolute atomic E-state index is 12.3. The lowest BCUT2D eigenvalue weighted by Gasteiger charge is -1.97. The number of phenols is 1. The van der Waals surface area contributed by atoms with Crippen LogP contribution in [0.15, 0.2) is 12.1 Å². The minimum atomic E-state index is -1.19. The van der Waals surface area contributed by atoms with E-state index in [-0.39, 0.29) is 0 Å². The minimum absolute atomic E-state index is 0.497. The molecule has 10 heavy (non-hydrogen) atoms. The fraction of sp³-hybridized carbons (Fsp3) is 0.143. The van der Waals surface area contributed by atoms with E-state index in [1.807, 2.05) is 0 Å². The van der Waals surface area contributed by atoms with Gasteiger partial charge in [0, 0.05) is 0 Å². The Labute approximate surface area is 56.9 Å². The van der Waals surface area contributed by atoms with Crippen LogP contribution in [-0.2, 0) is 0 Å². The monoisotopic (exact) mass is 144 g/mol. The van der Waals surface area contributed by atoms with E-state index in [0.717, 1.165) is 6.07 Å². The molecule has 1 aromatic rings. The van der Waals surface area contributed by atoms with E-state index in [0.29, 0.717) is 5.56 Å². The van der Waals surface area contributed by atoms with Gasteiger partial charge in [-0.25, -0.2) is 4.39 Å². The standard InChI is InChI=1S/C7H6F2O/c1-4-2-5(8)7(9)6(10)3-4/h2-3,10H,1H3. The summed E-state index contributed by atoms with van der Waals surface area (Å²) in [5.41, 5.74) is 0.497. The van der Waals surface area contributed by atoms with Crippen LogP contribution in [-0.4, -0.2) is 5.11 Å². The Morgan fingerprint density at radius 1 is 1.30 bits per heavy atom. The van der Waals surface area contributed by atoms with Crippen LogP contribution < -0.4 is 0 Å². The van der Waals surface area contributed by atoms with Crippen molar-refractivity contribution in [3.05, 3.63) is 29.3 Å². The number of aromatic hydroxyl groups is 1. The molecule has 1 nitrogen and oxygen atoms in total. The van der Waals surface area contributed by atoms with Crippen molar-refractivity contribution in [2.45, 2.75) is 6.92 Å². The number of rotatable bonds is 0. The smallest absolute Gasteiger partial charge is 0.200 e. The van der Waals surface area contributed by atoms with Gasteiger partial charge in [0.15, 0.2) is 17.4 Å². The van der Waals surface area contributed by atoms with Gasteiger partial charge in [-0.05, 0) is 24.6 Å². The Kier molecular flexibility index (Phi) is 1.57. The average Bonchev–Trinajstić information content (AvgIpc) is 1.82. The van der Waals surface area contributed by atoms with Gasteiger partial charge >= 0.3 is 0 Å². The summed E-state index contributed by atoms with van der Waals surface area (Å²) in [6.45, 7) is 1.57. The molecule has 0 aliphatic rings. The molecule has 0 amide bonds. The van der Waals surface area contributed by atoms with Crippen molar-refractivity contribution in [3.8, 4) is 5.75 Å². The van der Waals surface area contributed by atoms with Crippen LogP contribution in [0.2, 0.25) is 0 Å². The highest BCUT2D eigenvalue weighted by Gasteiger charge is 2.06. The van der Waals surface area contributed by atoms with Gasteiger partial charge in [-0.1, -0.05) is 0 Å². The summed E-state index contributed by atoms with van der Waals surface area (Å²) >= 11 is 0. The summed E-state index contributed by atoms with van der Waals surface area (Å²) in [7, 11) is 0. The summed E-state index contributed by atoms with van der Waals surface area (Å²) < 4.78 is 24.6. The highest BCUT2D eigenvalue weighted by atomic mass is 19.2. The molecule has 0 atom stereocenters. The Hall–Kier alpha value is -1.12. The number of aryl methyl sites for hydroxylation is 1. The zero-order valence-electron chi connectivity index (χ0n) is 5.36. The third kappa shape index (κ3) is 1.07. The van der Waals surface area contributed by atoms with Crippen molar-refractivity contribution in [3.63, 3.8) is 0 Å². The third-order valence-electron chi connectivity index (χ3n) is 1.15.